The molecule has 0 aromatic carbocycles. The van der Waals surface area contributed by atoms with E-state index in [4.69, 9.17) is 11.6 Å². The molecule has 0 aliphatic rings. The third-order valence-electron chi connectivity index (χ3n) is 3.55. The summed E-state index contributed by atoms with van der Waals surface area (Å²) < 4.78 is 9.10. The summed E-state index contributed by atoms with van der Waals surface area (Å²) in [5.74, 6) is -0.995. The monoisotopic (exact) mass is 452 g/mol. The number of H-pyrrole nitrogens is 2. The summed E-state index contributed by atoms with van der Waals surface area (Å²) in [6.45, 7) is 0. The average Bonchev–Trinajstić information content (AvgIpc) is 3.32. The van der Waals surface area contributed by atoms with Crippen molar-refractivity contribution in [1.82, 2.24) is 30.4 Å². The number of carbonyl (C=O) groups is 2. The van der Waals surface area contributed by atoms with Crippen LogP contribution in [0, 0.1) is 0 Å². The van der Waals surface area contributed by atoms with Gasteiger partial charge < -0.3 is 9.47 Å². The molecule has 0 saturated heterocycles. The van der Waals surface area contributed by atoms with Crippen LogP contribution in [0.4, 0.5) is 0 Å². The molecule has 0 atom stereocenters. The molecule has 2 N–H and O–H groups in total. The van der Waals surface area contributed by atoms with Crippen molar-refractivity contribution in [3.8, 4) is 0 Å². The molecule has 0 saturated carbocycles. The topological polar surface area (TPSA) is 136 Å². The van der Waals surface area contributed by atoms with Gasteiger partial charge in [-0.05, 0) is 12.1 Å². The standard InChI is InChI=1S/C8H6ClN3O2.C8H7N3O2.Zn/c1-14-8(13)6-5-4(11-12-6)2-3-10-7(5)9;1-13-8(12)7-5-4-9-3-2-6(5)10-11-7;/h2-3H,1H3,(H,11,12);2-4H,1H3,(H,10,11);. The van der Waals surface area contributed by atoms with Crippen LogP contribution in [0.3, 0.4) is 0 Å². The van der Waals surface area contributed by atoms with Gasteiger partial charge in [0.2, 0.25) is 0 Å². The van der Waals surface area contributed by atoms with Gasteiger partial charge in [0.05, 0.1) is 36.0 Å². The Hall–Kier alpha value is -2.91. The van der Waals surface area contributed by atoms with E-state index in [1.54, 1.807) is 24.5 Å². The van der Waals surface area contributed by atoms with Gasteiger partial charge in [-0.1, -0.05) is 11.6 Å². The summed E-state index contributed by atoms with van der Waals surface area (Å²) in [6, 6.07) is 3.43. The van der Waals surface area contributed by atoms with Crippen LogP contribution in [0.5, 0.6) is 0 Å². The largest absolute Gasteiger partial charge is 0.464 e. The molecule has 0 radical (unpaired) electrons. The van der Waals surface area contributed by atoms with Gasteiger partial charge in [-0.25, -0.2) is 14.6 Å². The molecule has 4 rings (SSSR count). The molecule has 0 aliphatic heterocycles. The predicted molar refractivity (Wildman–Crippen MR) is 95.5 cm³/mol. The number of rotatable bonds is 2. The van der Waals surface area contributed by atoms with E-state index in [-0.39, 0.29) is 36.0 Å². The molecule has 0 fully saturated rings. The van der Waals surface area contributed by atoms with Crippen molar-refractivity contribution in [3.05, 3.63) is 47.3 Å². The Bertz CT molecular complexity index is 1130. The number of nitrogens with zero attached hydrogens (tertiary/aromatic N) is 4. The number of carbonyl (C=O) groups excluding carboxylic acids is 2. The zero-order valence-corrected chi connectivity index (χ0v) is 18.6. The second kappa shape index (κ2) is 9.34. The number of esters is 2. The number of hydrogen-bond acceptors (Lipinski definition) is 8. The second-order valence-electron chi connectivity index (χ2n) is 5.07. The summed E-state index contributed by atoms with van der Waals surface area (Å²) in [7, 11) is 2.60. The molecule has 0 aliphatic carbocycles. The zero-order chi connectivity index (χ0) is 19.4. The number of fused-ring (bicyclic) bond motifs is 2. The third kappa shape index (κ3) is 4.15. The van der Waals surface area contributed by atoms with Gasteiger partial charge in [0.25, 0.3) is 0 Å². The molecule has 0 spiro atoms. The van der Waals surface area contributed by atoms with Gasteiger partial charge in [-0.2, -0.15) is 10.2 Å². The maximum absolute atomic E-state index is 11.2. The number of pyridine rings is 2. The van der Waals surface area contributed by atoms with Gasteiger partial charge in [-0.15, -0.1) is 0 Å². The molecule has 10 nitrogen and oxygen atoms in total. The number of nitrogens with one attached hydrogen (secondary N) is 2. The van der Waals surface area contributed by atoms with Gasteiger partial charge >= 0.3 is 11.9 Å². The Balaban J connectivity index is 0.000000194. The summed E-state index contributed by atoms with van der Waals surface area (Å²) in [6.07, 6.45) is 4.73. The van der Waals surface area contributed by atoms with Crippen molar-refractivity contribution in [2.24, 2.45) is 0 Å². The fourth-order valence-corrected chi connectivity index (χ4v) is 2.53. The SMILES string of the molecule is COC(=O)c1n[nH]c2ccnc(Cl)c12.COC(=O)c1n[nH]c2ccncc12.[Zn]. The molecule has 140 valence electrons. The van der Waals surface area contributed by atoms with Crippen molar-refractivity contribution in [2.45, 2.75) is 0 Å². The van der Waals surface area contributed by atoms with E-state index >= 15 is 0 Å². The van der Waals surface area contributed by atoms with E-state index in [9.17, 15) is 9.59 Å². The molecule has 4 aromatic heterocycles. The Morgan fingerprint density at radius 1 is 0.964 bits per heavy atom. The molecule has 4 heterocycles. The van der Waals surface area contributed by atoms with Crippen molar-refractivity contribution in [2.75, 3.05) is 14.2 Å². The first-order chi connectivity index (χ1) is 13.1. The van der Waals surface area contributed by atoms with Gasteiger partial charge in [0, 0.05) is 38.1 Å². The molecule has 12 heteroatoms. The predicted octanol–water partition coefficient (Wildman–Crippen LogP) is 2.14. The molecule has 0 bridgehead atoms. The molecule has 0 amide bonds. The molecular formula is C16H13ClN6O4Zn. The van der Waals surface area contributed by atoms with E-state index < -0.39 is 11.9 Å². The van der Waals surface area contributed by atoms with Crippen LogP contribution >= 0.6 is 11.6 Å². The fourth-order valence-electron chi connectivity index (χ4n) is 2.28. The van der Waals surface area contributed by atoms with Crippen LogP contribution in [0.1, 0.15) is 21.0 Å². The molecule has 28 heavy (non-hydrogen) atoms. The Morgan fingerprint density at radius 3 is 2.29 bits per heavy atom. The normalized spacial score (nSPS) is 9.96. The van der Waals surface area contributed by atoms with E-state index in [0.717, 1.165) is 5.52 Å². The Morgan fingerprint density at radius 2 is 1.57 bits per heavy atom. The Kier molecular flexibility index (Phi) is 7.14. The number of methoxy groups -OCH3 is 2. The maximum Gasteiger partial charge on any atom is 0.359 e. The van der Waals surface area contributed by atoms with E-state index in [0.29, 0.717) is 16.3 Å². The summed E-state index contributed by atoms with van der Waals surface area (Å²) in [4.78, 5) is 30.2. The fraction of sp³-hybridized carbons (Fsp3) is 0.125. The molecule has 4 aromatic rings. The summed E-state index contributed by atoms with van der Waals surface area (Å²) in [5, 5.41) is 14.4. The maximum atomic E-state index is 11.2. The minimum atomic E-state index is -0.536. The third-order valence-corrected chi connectivity index (χ3v) is 3.84. The van der Waals surface area contributed by atoms with Crippen LogP contribution in [-0.4, -0.2) is 56.5 Å². The second-order valence-corrected chi connectivity index (χ2v) is 5.43. The minimum absolute atomic E-state index is 0. The van der Waals surface area contributed by atoms with E-state index in [1.807, 2.05) is 0 Å². The average molecular weight is 454 g/mol. The molecule has 0 unspecified atom stereocenters. The number of aromatic amines is 2. The van der Waals surface area contributed by atoms with Crippen molar-refractivity contribution < 1.29 is 38.5 Å². The van der Waals surface area contributed by atoms with Gasteiger partial charge in [0.1, 0.15) is 5.15 Å². The molecular weight excluding hydrogens is 441 g/mol. The van der Waals surface area contributed by atoms with E-state index in [2.05, 4.69) is 39.8 Å². The number of hydrogen-bond donors (Lipinski definition) is 2. The quantitative estimate of drug-likeness (QED) is 0.267. The smallest absolute Gasteiger partial charge is 0.359 e. The summed E-state index contributed by atoms with van der Waals surface area (Å²) in [5.41, 5.74) is 1.85. The zero-order valence-electron chi connectivity index (χ0n) is 14.9. The van der Waals surface area contributed by atoms with Crippen molar-refractivity contribution in [1.29, 1.82) is 0 Å². The van der Waals surface area contributed by atoms with Crippen molar-refractivity contribution in [3.63, 3.8) is 0 Å². The first-order valence-electron chi connectivity index (χ1n) is 7.50. The van der Waals surface area contributed by atoms with Crippen LogP contribution in [0.2, 0.25) is 5.15 Å². The van der Waals surface area contributed by atoms with Crippen LogP contribution in [0.15, 0.2) is 30.7 Å². The van der Waals surface area contributed by atoms with Crippen LogP contribution in [-0.2, 0) is 29.0 Å². The first-order valence-corrected chi connectivity index (χ1v) is 7.88. The minimum Gasteiger partial charge on any atom is -0.464 e. The summed E-state index contributed by atoms with van der Waals surface area (Å²) >= 11 is 5.83. The van der Waals surface area contributed by atoms with Crippen LogP contribution < -0.4 is 0 Å². The number of halogens is 1. The van der Waals surface area contributed by atoms with Crippen LogP contribution in [0.25, 0.3) is 21.8 Å². The number of aromatic nitrogens is 6. The Labute approximate surface area is 175 Å². The number of ether oxygens (including phenoxy) is 2. The van der Waals surface area contributed by atoms with Gasteiger partial charge in [0.15, 0.2) is 11.4 Å². The first kappa shape index (κ1) is 21.4. The van der Waals surface area contributed by atoms with E-state index in [1.165, 1.54) is 20.4 Å². The van der Waals surface area contributed by atoms with Gasteiger partial charge in [-0.3, -0.25) is 15.2 Å². The van der Waals surface area contributed by atoms with Crippen molar-refractivity contribution >= 4 is 45.3 Å².